The minimum absolute atomic E-state index is 0.279. The Balaban J connectivity index is 0.00000235. The first kappa shape index (κ1) is 29.0. The van der Waals surface area contributed by atoms with Gasteiger partial charge in [-0.15, -0.1) is 0 Å². The van der Waals surface area contributed by atoms with Crippen LogP contribution in [-0.4, -0.2) is 28.4 Å². The number of hydrogen-bond donors (Lipinski definition) is 2. The van der Waals surface area contributed by atoms with Crippen molar-refractivity contribution in [3.63, 3.8) is 0 Å². The molecular weight excluding hydrogens is 463 g/mol. The molecule has 2 aromatic carbocycles. The number of rotatable bonds is 8. The summed E-state index contributed by atoms with van der Waals surface area (Å²) >= 11 is 0. The van der Waals surface area contributed by atoms with E-state index in [2.05, 4.69) is 32.3 Å². The standard InChI is InChI=1S/C28H31FN6.C2H6/c1-7-14-31-28(21(4)32-16-19(2)23-17-33-35(6)18-23)34-25-12-13-27(30-5)26(15-25)20(3)22-8-10-24(29)11-9-22;1-2/h7-18,30H,3H2,1-2,4-6H3,(H,31,34);1-2H3/b14-7-,19-16+,32-21?;. The number of hydrogen-bond acceptors (Lipinski definition) is 4. The molecule has 2 N–H and O–H groups in total. The maximum atomic E-state index is 13.4. The Hall–Kier alpha value is -4.26. The summed E-state index contributed by atoms with van der Waals surface area (Å²) in [4.78, 5) is 9.18. The van der Waals surface area contributed by atoms with Crippen LogP contribution in [0.15, 0.2) is 89.9 Å². The molecule has 3 aromatic rings. The van der Waals surface area contributed by atoms with Gasteiger partial charge in [-0.3, -0.25) is 9.67 Å². The van der Waals surface area contributed by atoms with Gasteiger partial charge in [0.25, 0.3) is 0 Å². The topological polar surface area (TPSA) is 66.6 Å². The highest BCUT2D eigenvalue weighted by molar-refractivity contribution is 6.45. The van der Waals surface area contributed by atoms with E-state index in [1.165, 1.54) is 12.1 Å². The highest BCUT2D eigenvalue weighted by Crippen LogP contribution is 2.31. The second-order valence-corrected chi connectivity index (χ2v) is 8.01. The molecule has 1 aromatic heterocycles. The van der Waals surface area contributed by atoms with E-state index in [9.17, 15) is 4.39 Å². The molecule has 0 aliphatic rings. The SMILES string of the molecule is C=C(c1ccc(F)cc1)c1cc(NC(=N/C=C\C)C(C)=N/C=C(\C)c2cnn(C)c2)ccc1NC.CC. The van der Waals surface area contributed by atoms with Gasteiger partial charge in [0.1, 0.15) is 5.82 Å². The molecule has 0 radical (unpaired) electrons. The van der Waals surface area contributed by atoms with Crippen molar-refractivity contribution in [1.29, 1.82) is 0 Å². The van der Waals surface area contributed by atoms with Crippen molar-refractivity contribution < 1.29 is 4.39 Å². The van der Waals surface area contributed by atoms with Gasteiger partial charge in [0.15, 0.2) is 5.84 Å². The Morgan fingerprint density at radius 2 is 1.76 bits per heavy atom. The lowest BCUT2D eigenvalue weighted by Crippen LogP contribution is -2.20. The summed E-state index contributed by atoms with van der Waals surface area (Å²) in [5, 5.41) is 10.8. The van der Waals surface area contributed by atoms with Crippen LogP contribution in [-0.2, 0) is 7.05 Å². The first-order valence-electron chi connectivity index (χ1n) is 12.3. The third kappa shape index (κ3) is 8.14. The summed E-state index contributed by atoms with van der Waals surface area (Å²) in [5.74, 6) is 0.340. The molecule has 0 unspecified atom stereocenters. The predicted molar refractivity (Wildman–Crippen MR) is 158 cm³/mol. The van der Waals surface area contributed by atoms with Crippen molar-refractivity contribution in [2.45, 2.75) is 34.6 Å². The zero-order valence-corrected chi connectivity index (χ0v) is 22.8. The number of nitrogens with one attached hydrogen (secondary N) is 2. The maximum Gasteiger partial charge on any atom is 0.151 e. The molecule has 194 valence electrons. The summed E-state index contributed by atoms with van der Waals surface area (Å²) in [6.07, 6.45) is 9.15. The van der Waals surface area contributed by atoms with Crippen LogP contribution in [0.4, 0.5) is 15.8 Å². The van der Waals surface area contributed by atoms with E-state index in [0.29, 0.717) is 5.84 Å². The molecule has 0 aliphatic heterocycles. The third-order valence-electron chi connectivity index (χ3n) is 5.38. The first-order chi connectivity index (χ1) is 17.8. The fraction of sp³-hybridized carbons (Fsp3) is 0.233. The Labute approximate surface area is 220 Å². The van der Waals surface area contributed by atoms with Crippen LogP contribution in [0, 0.1) is 5.82 Å². The maximum absolute atomic E-state index is 13.4. The van der Waals surface area contributed by atoms with Crippen LogP contribution in [0.1, 0.15) is 51.3 Å². The van der Waals surface area contributed by atoms with E-state index >= 15 is 0 Å². The third-order valence-corrected chi connectivity index (χ3v) is 5.38. The zero-order chi connectivity index (χ0) is 27.4. The molecule has 3 rings (SSSR count). The molecule has 1 heterocycles. The van der Waals surface area contributed by atoms with Gasteiger partial charge in [0.05, 0.1) is 11.9 Å². The van der Waals surface area contributed by atoms with Crippen LogP contribution in [0.5, 0.6) is 0 Å². The smallest absolute Gasteiger partial charge is 0.151 e. The van der Waals surface area contributed by atoms with Crippen LogP contribution in [0.25, 0.3) is 11.1 Å². The van der Waals surface area contributed by atoms with Crippen LogP contribution in [0.2, 0.25) is 0 Å². The molecular formula is C30H37FN6. The Morgan fingerprint density at radius 1 is 1.05 bits per heavy atom. The van der Waals surface area contributed by atoms with Gasteiger partial charge >= 0.3 is 0 Å². The van der Waals surface area contributed by atoms with Crippen molar-refractivity contribution in [2.24, 2.45) is 17.0 Å². The van der Waals surface area contributed by atoms with Crippen molar-refractivity contribution in [1.82, 2.24) is 9.78 Å². The van der Waals surface area contributed by atoms with Crippen LogP contribution < -0.4 is 10.6 Å². The van der Waals surface area contributed by atoms with Crippen LogP contribution in [0.3, 0.4) is 0 Å². The summed E-state index contributed by atoms with van der Waals surface area (Å²) in [6.45, 7) is 14.1. The van der Waals surface area contributed by atoms with Crippen molar-refractivity contribution in [3.05, 3.63) is 102 Å². The number of aryl methyl sites for hydroxylation is 1. The Kier molecular flexibility index (Phi) is 11.2. The van der Waals surface area contributed by atoms with Gasteiger partial charge in [0, 0.05) is 55.2 Å². The molecule has 7 heteroatoms. The summed E-state index contributed by atoms with van der Waals surface area (Å²) in [6, 6.07) is 12.2. The number of allylic oxidation sites excluding steroid dienone is 2. The molecule has 6 nitrogen and oxygen atoms in total. The molecule has 0 atom stereocenters. The molecule has 0 saturated heterocycles. The van der Waals surface area contributed by atoms with Gasteiger partial charge < -0.3 is 10.6 Å². The minimum Gasteiger partial charge on any atom is -0.388 e. The molecule has 0 aliphatic carbocycles. The fourth-order valence-corrected chi connectivity index (χ4v) is 3.35. The van der Waals surface area contributed by atoms with E-state index in [1.54, 1.807) is 23.0 Å². The molecule has 0 saturated carbocycles. The van der Waals surface area contributed by atoms with E-state index in [-0.39, 0.29) is 5.82 Å². The minimum atomic E-state index is -0.279. The summed E-state index contributed by atoms with van der Waals surface area (Å²) in [7, 11) is 3.74. The number of nitrogens with zero attached hydrogens (tertiary/aromatic N) is 4. The first-order valence-corrected chi connectivity index (χ1v) is 12.3. The van der Waals surface area contributed by atoms with Crippen molar-refractivity contribution in [2.75, 3.05) is 17.7 Å². The van der Waals surface area contributed by atoms with Gasteiger partial charge in [0.2, 0.25) is 0 Å². The highest BCUT2D eigenvalue weighted by atomic mass is 19.1. The average Bonchev–Trinajstić information content (AvgIpc) is 3.36. The van der Waals surface area contributed by atoms with Gasteiger partial charge in [-0.1, -0.05) is 38.6 Å². The molecule has 0 spiro atoms. The second kappa shape index (κ2) is 14.3. The van der Waals surface area contributed by atoms with Gasteiger partial charge in [-0.05, 0) is 67.8 Å². The normalized spacial score (nSPS) is 12.3. The lowest BCUT2D eigenvalue weighted by atomic mass is 9.97. The summed E-state index contributed by atoms with van der Waals surface area (Å²) in [5.41, 5.74) is 7.00. The monoisotopic (exact) mass is 500 g/mol. The van der Waals surface area contributed by atoms with E-state index in [0.717, 1.165) is 44.9 Å². The predicted octanol–water partition coefficient (Wildman–Crippen LogP) is 7.55. The molecule has 0 amide bonds. The quantitative estimate of drug-likeness (QED) is 0.248. The lowest BCUT2D eigenvalue weighted by molar-refractivity contribution is 0.627. The molecule has 0 bridgehead atoms. The van der Waals surface area contributed by atoms with Crippen LogP contribution >= 0.6 is 0 Å². The number of aromatic nitrogens is 2. The van der Waals surface area contributed by atoms with E-state index in [4.69, 9.17) is 0 Å². The molecule has 0 fully saturated rings. The van der Waals surface area contributed by atoms with Crippen molar-refractivity contribution in [3.8, 4) is 0 Å². The fourth-order valence-electron chi connectivity index (χ4n) is 3.35. The number of halogens is 1. The Bertz CT molecular complexity index is 1310. The lowest BCUT2D eigenvalue weighted by Gasteiger charge is -2.16. The largest absolute Gasteiger partial charge is 0.388 e. The van der Waals surface area contributed by atoms with E-state index in [1.807, 2.05) is 91.6 Å². The number of amidine groups is 1. The number of anilines is 2. The second-order valence-electron chi connectivity index (χ2n) is 8.01. The van der Waals surface area contributed by atoms with Gasteiger partial charge in [-0.25, -0.2) is 9.38 Å². The average molecular weight is 501 g/mol. The van der Waals surface area contributed by atoms with Crippen molar-refractivity contribution >= 4 is 34.1 Å². The number of benzene rings is 2. The zero-order valence-electron chi connectivity index (χ0n) is 22.8. The highest BCUT2D eigenvalue weighted by Gasteiger charge is 2.11. The number of aliphatic imine (C=N–C) groups is 2. The van der Waals surface area contributed by atoms with Gasteiger partial charge in [-0.2, -0.15) is 5.10 Å². The summed E-state index contributed by atoms with van der Waals surface area (Å²) < 4.78 is 15.2. The molecule has 37 heavy (non-hydrogen) atoms. The Morgan fingerprint density at radius 3 is 2.35 bits per heavy atom. The van der Waals surface area contributed by atoms with E-state index < -0.39 is 0 Å².